The number of benzene rings is 2. The van der Waals surface area contributed by atoms with Crippen LogP contribution in [0.4, 0.5) is 5.69 Å². The molecular weight excluding hydrogens is 456 g/mol. The zero-order valence-corrected chi connectivity index (χ0v) is 20.3. The van der Waals surface area contributed by atoms with E-state index < -0.39 is 11.8 Å². The summed E-state index contributed by atoms with van der Waals surface area (Å²) < 4.78 is 21.9. The standard InChI is InChI=1S/C25H26N2O6S/c1-6-8-16-11-15(13-21(33-7-2)22(16)32-5)12-18-23(28)26-25(34)27(24(18)29)19-10-9-17(30-3)14-20(19)31-4/h6,9-14H,1,7-8H2,2-5H3,(H,26,28,34)/b18-12+. The Hall–Kier alpha value is -3.85. The fourth-order valence-corrected chi connectivity index (χ4v) is 3.85. The molecule has 178 valence electrons. The minimum atomic E-state index is -0.599. The number of ether oxygens (including phenoxy) is 4. The van der Waals surface area contributed by atoms with Crippen LogP contribution in [0.15, 0.2) is 48.6 Å². The lowest BCUT2D eigenvalue weighted by Crippen LogP contribution is -2.54. The van der Waals surface area contributed by atoms with Gasteiger partial charge in [0.25, 0.3) is 11.8 Å². The molecule has 0 radical (unpaired) electrons. The van der Waals surface area contributed by atoms with E-state index in [0.717, 1.165) is 5.56 Å². The van der Waals surface area contributed by atoms with Crippen molar-refractivity contribution in [3.05, 3.63) is 59.7 Å². The van der Waals surface area contributed by atoms with E-state index >= 15 is 0 Å². The largest absolute Gasteiger partial charge is 0.497 e. The predicted octanol–water partition coefficient (Wildman–Crippen LogP) is 3.67. The molecule has 1 fully saturated rings. The van der Waals surface area contributed by atoms with Gasteiger partial charge in [-0.3, -0.25) is 14.9 Å². The van der Waals surface area contributed by atoms with Crippen LogP contribution in [0.1, 0.15) is 18.1 Å². The van der Waals surface area contributed by atoms with Gasteiger partial charge in [-0.15, -0.1) is 6.58 Å². The molecule has 1 aliphatic heterocycles. The number of nitrogens with zero attached hydrogens (tertiary/aromatic N) is 1. The zero-order chi connectivity index (χ0) is 24.8. The molecule has 1 N–H and O–H groups in total. The van der Waals surface area contributed by atoms with Crippen LogP contribution in [0.3, 0.4) is 0 Å². The van der Waals surface area contributed by atoms with E-state index in [1.807, 2.05) is 13.0 Å². The Bertz CT molecular complexity index is 1170. The van der Waals surface area contributed by atoms with Crippen molar-refractivity contribution in [2.24, 2.45) is 0 Å². The number of nitrogens with one attached hydrogen (secondary N) is 1. The molecule has 8 nitrogen and oxygen atoms in total. The van der Waals surface area contributed by atoms with Gasteiger partial charge in [0.05, 0.1) is 33.6 Å². The van der Waals surface area contributed by atoms with Crippen molar-refractivity contribution in [3.63, 3.8) is 0 Å². The second-order valence-electron chi connectivity index (χ2n) is 7.13. The molecule has 1 saturated heterocycles. The molecule has 1 heterocycles. The molecule has 3 rings (SSSR count). The number of anilines is 1. The average molecular weight is 483 g/mol. The summed E-state index contributed by atoms with van der Waals surface area (Å²) in [4.78, 5) is 27.4. The summed E-state index contributed by atoms with van der Waals surface area (Å²) in [5.41, 5.74) is 1.68. The Kier molecular flexibility index (Phi) is 7.91. The quantitative estimate of drug-likeness (QED) is 0.253. The zero-order valence-electron chi connectivity index (χ0n) is 19.5. The summed E-state index contributed by atoms with van der Waals surface area (Å²) in [6, 6.07) is 8.48. The normalized spacial score (nSPS) is 14.6. The van der Waals surface area contributed by atoms with Gasteiger partial charge < -0.3 is 18.9 Å². The Balaban J connectivity index is 2.10. The first-order valence-electron chi connectivity index (χ1n) is 10.5. The summed E-state index contributed by atoms with van der Waals surface area (Å²) in [7, 11) is 4.55. The minimum Gasteiger partial charge on any atom is -0.497 e. The molecule has 9 heteroatoms. The molecule has 1 aliphatic rings. The fourth-order valence-electron chi connectivity index (χ4n) is 3.58. The van der Waals surface area contributed by atoms with Crippen molar-refractivity contribution < 1.29 is 28.5 Å². The third-order valence-electron chi connectivity index (χ3n) is 5.06. The Morgan fingerprint density at radius 1 is 1.06 bits per heavy atom. The van der Waals surface area contributed by atoms with E-state index in [1.165, 1.54) is 25.2 Å². The Morgan fingerprint density at radius 2 is 1.82 bits per heavy atom. The molecule has 2 aromatic rings. The van der Waals surface area contributed by atoms with Crippen LogP contribution in [0.5, 0.6) is 23.0 Å². The number of hydrogen-bond acceptors (Lipinski definition) is 7. The van der Waals surface area contributed by atoms with Gasteiger partial charge in [-0.25, -0.2) is 4.90 Å². The van der Waals surface area contributed by atoms with Gasteiger partial charge in [0.2, 0.25) is 0 Å². The third-order valence-corrected chi connectivity index (χ3v) is 5.35. The highest BCUT2D eigenvalue weighted by Crippen LogP contribution is 2.36. The van der Waals surface area contributed by atoms with Crippen LogP contribution >= 0.6 is 12.2 Å². The van der Waals surface area contributed by atoms with E-state index in [2.05, 4.69) is 11.9 Å². The van der Waals surface area contributed by atoms with E-state index in [9.17, 15) is 9.59 Å². The second kappa shape index (κ2) is 10.8. The van der Waals surface area contributed by atoms with Crippen molar-refractivity contribution in [3.8, 4) is 23.0 Å². The van der Waals surface area contributed by atoms with Crippen LogP contribution < -0.4 is 29.2 Å². The van der Waals surface area contributed by atoms with Gasteiger partial charge in [0.1, 0.15) is 17.1 Å². The maximum atomic E-state index is 13.5. The molecule has 2 amide bonds. The average Bonchev–Trinajstić information content (AvgIpc) is 2.82. The summed E-state index contributed by atoms with van der Waals surface area (Å²) in [6.45, 7) is 6.06. The monoisotopic (exact) mass is 482 g/mol. The third kappa shape index (κ3) is 4.89. The number of allylic oxidation sites excluding steroid dienone is 1. The molecule has 0 atom stereocenters. The lowest BCUT2D eigenvalue weighted by molar-refractivity contribution is -0.122. The highest BCUT2D eigenvalue weighted by atomic mass is 32.1. The van der Waals surface area contributed by atoms with Crippen molar-refractivity contribution >= 4 is 40.9 Å². The molecule has 34 heavy (non-hydrogen) atoms. The van der Waals surface area contributed by atoms with Gasteiger partial charge >= 0.3 is 0 Å². The molecule has 0 aliphatic carbocycles. The van der Waals surface area contributed by atoms with Crippen molar-refractivity contribution in [2.45, 2.75) is 13.3 Å². The summed E-state index contributed by atoms with van der Waals surface area (Å²) in [5, 5.41) is 2.53. The van der Waals surface area contributed by atoms with Gasteiger partial charge in [0, 0.05) is 11.6 Å². The lowest BCUT2D eigenvalue weighted by Gasteiger charge is -2.30. The number of rotatable bonds is 9. The second-order valence-corrected chi connectivity index (χ2v) is 7.52. The summed E-state index contributed by atoms with van der Waals surface area (Å²) >= 11 is 5.30. The van der Waals surface area contributed by atoms with E-state index in [4.69, 9.17) is 31.2 Å². The minimum absolute atomic E-state index is 0.0484. The Labute approximate surface area is 203 Å². The number of carbonyl (C=O) groups is 2. The number of carbonyl (C=O) groups excluding carboxylic acids is 2. The first kappa shape index (κ1) is 24.8. The van der Waals surface area contributed by atoms with Gasteiger partial charge in [-0.05, 0) is 61.5 Å². The van der Waals surface area contributed by atoms with Crippen LogP contribution in [0.25, 0.3) is 6.08 Å². The smallest absolute Gasteiger partial charge is 0.270 e. The van der Waals surface area contributed by atoms with E-state index in [0.29, 0.717) is 47.3 Å². The van der Waals surface area contributed by atoms with Gasteiger partial charge in [-0.1, -0.05) is 6.08 Å². The Morgan fingerprint density at radius 3 is 2.44 bits per heavy atom. The van der Waals surface area contributed by atoms with Crippen LogP contribution in [-0.4, -0.2) is 44.9 Å². The van der Waals surface area contributed by atoms with Gasteiger partial charge in [0.15, 0.2) is 16.6 Å². The molecule has 0 spiro atoms. The molecular formula is C25H26N2O6S. The topological polar surface area (TPSA) is 86.3 Å². The molecule has 0 aromatic heterocycles. The predicted molar refractivity (Wildman–Crippen MR) is 134 cm³/mol. The van der Waals surface area contributed by atoms with Crippen LogP contribution in [0.2, 0.25) is 0 Å². The molecule has 0 unspecified atom stereocenters. The molecule has 2 aromatic carbocycles. The van der Waals surface area contributed by atoms with Crippen molar-refractivity contribution in [2.75, 3.05) is 32.8 Å². The maximum Gasteiger partial charge on any atom is 0.270 e. The first-order chi connectivity index (χ1) is 16.4. The first-order valence-corrected chi connectivity index (χ1v) is 10.9. The van der Waals surface area contributed by atoms with Gasteiger partial charge in [-0.2, -0.15) is 0 Å². The number of thiocarbonyl (C=S) groups is 1. The number of amides is 2. The van der Waals surface area contributed by atoms with Crippen molar-refractivity contribution in [1.29, 1.82) is 0 Å². The highest BCUT2D eigenvalue weighted by molar-refractivity contribution is 7.80. The SMILES string of the molecule is C=CCc1cc(/C=C2\C(=O)NC(=S)N(c3ccc(OC)cc3OC)C2=O)cc(OCC)c1OC. The fraction of sp³-hybridized carbons (Fsp3) is 0.240. The van der Waals surface area contributed by atoms with Crippen LogP contribution in [0, 0.1) is 0 Å². The van der Waals surface area contributed by atoms with E-state index in [1.54, 1.807) is 37.5 Å². The van der Waals surface area contributed by atoms with Crippen LogP contribution in [-0.2, 0) is 16.0 Å². The number of hydrogen-bond donors (Lipinski definition) is 1. The lowest BCUT2D eigenvalue weighted by atomic mass is 10.0. The highest BCUT2D eigenvalue weighted by Gasteiger charge is 2.36. The summed E-state index contributed by atoms with van der Waals surface area (Å²) in [6.07, 6.45) is 3.75. The van der Waals surface area contributed by atoms with Crippen molar-refractivity contribution in [1.82, 2.24) is 5.32 Å². The number of methoxy groups -OCH3 is 3. The maximum absolute atomic E-state index is 13.5. The van der Waals surface area contributed by atoms with E-state index in [-0.39, 0.29) is 10.7 Å². The molecule has 0 saturated carbocycles. The summed E-state index contributed by atoms with van der Waals surface area (Å²) in [5.74, 6) is 0.807. The molecule has 0 bridgehead atoms.